The number of aryl methyl sites for hydroxylation is 1. The van der Waals surface area contributed by atoms with E-state index in [2.05, 4.69) is 0 Å². The third-order valence-corrected chi connectivity index (χ3v) is 9.04. The van der Waals surface area contributed by atoms with Crippen molar-refractivity contribution in [2.75, 3.05) is 6.61 Å². The predicted molar refractivity (Wildman–Crippen MR) is 157 cm³/mol. The minimum atomic E-state index is -4.12. The van der Waals surface area contributed by atoms with Crippen molar-refractivity contribution in [1.82, 2.24) is 4.90 Å². The van der Waals surface area contributed by atoms with Gasteiger partial charge in [-0.2, -0.15) is 8.42 Å². The van der Waals surface area contributed by atoms with E-state index in [4.69, 9.17) is 32.1 Å². The van der Waals surface area contributed by atoms with Crippen molar-refractivity contribution in [2.45, 2.75) is 25.3 Å². The van der Waals surface area contributed by atoms with Crippen LogP contribution in [0.3, 0.4) is 0 Å². The molecule has 0 bridgehead atoms. The number of rotatable bonds is 8. The van der Waals surface area contributed by atoms with Crippen LogP contribution in [-0.2, 0) is 21.5 Å². The van der Waals surface area contributed by atoms with Gasteiger partial charge in [0.25, 0.3) is 11.1 Å². The zero-order valence-corrected chi connectivity index (χ0v) is 25.3. The highest BCUT2D eigenvalue weighted by Crippen LogP contribution is 2.39. The summed E-state index contributed by atoms with van der Waals surface area (Å²) in [5.41, 5.74) is 1.92. The number of hydrogen-bond acceptors (Lipinski definition) is 7. The molecule has 0 aromatic heterocycles. The van der Waals surface area contributed by atoms with Gasteiger partial charge in [-0.3, -0.25) is 14.5 Å². The molecule has 7 nitrogen and oxygen atoms in total. The van der Waals surface area contributed by atoms with Gasteiger partial charge in [0.1, 0.15) is 4.90 Å². The highest BCUT2D eigenvalue weighted by molar-refractivity contribution is 14.1. The van der Waals surface area contributed by atoms with Crippen LogP contribution >= 0.6 is 57.6 Å². The molecular weight excluding hydrogens is 684 g/mol. The molecule has 3 aromatic carbocycles. The van der Waals surface area contributed by atoms with Crippen molar-refractivity contribution in [3.05, 3.63) is 89.8 Å². The fourth-order valence-electron chi connectivity index (χ4n) is 3.51. The van der Waals surface area contributed by atoms with Gasteiger partial charge in [-0.25, -0.2) is 0 Å². The van der Waals surface area contributed by atoms with E-state index >= 15 is 0 Å². The van der Waals surface area contributed by atoms with Crippen LogP contribution in [0.15, 0.2) is 64.4 Å². The monoisotopic (exact) mass is 703 g/mol. The van der Waals surface area contributed by atoms with E-state index in [-0.39, 0.29) is 34.5 Å². The molecule has 0 unspecified atom stereocenters. The number of benzene rings is 3. The van der Waals surface area contributed by atoms with E-state index in [9.17, 15) is 18.0 Å². The summed E-state index contributed by atoms with van der Waals surface area (Å²) >= 11 is 15.2. The van der Waals surface area contributed by atoms with E-state index in [1.54, 1.807) is 55.5 Å². The molecule has 0 spiro atoms. The smallest absolute Gasteiger partial charge is 0.339 e. The Morgan fingerprint density at radius 2 is 1.71 bits per heavy atom. The number of halogens is 3. The summed E-state index contributed by atoms with van der Waals surface area (Å²) in [6.07, 6.45) is 1.54. The summed E-state index contributed by atoms with van der Waals surface area (Å²) < 4.78 is 37.4. The molecule has 38 heavy (non-hydrogen) atoms. The lowest BCUT2D eigenvalue weighted by molar-refractivity contribution is -0.123. The number of carbonyl (C=O) groups is 2. The first-order valence-electron chi connectivity index (χ1n) is 11.2. The Kier molecular flexibility index (Phi) is 8.98. The van der Waals surface area contributed by atoms with Gasteiger partial charge >= 0.3 is 10.1 Å². The van der Waals surface area contributed by atoms with Crippen LogP contribution in [0.1, 0.15) is 23.6 Å². The number of thioether (sulfide) groups is 1. The molecule has 0 radical (unpaired) electrons. The molecule has 1 fully saturated rings. The second-order valence-electron chi connectivity index (χ2n) is 8.08. The summed E-state index contributed by atoms with van der Waals surface area (Å²) in [4.78, 5) is 27.0. The van der Waals surface area contributed by atoms with Crippen molar-refractivity contribution in [3.8, 4) is 11.5 Å². The molecular formula is C26H20Cl2INO6S2. The number of ether oxygens (including phenoxy) is 1. The van der Waals surface area contributed by atoms with Crippen molar-refractivity contribution < 1.29 is 26.9 Å². The Labute approximate surface area is 248 Å². The number of imide groups is 1. The molecule has 1 saturated heterocycles. The number of carbonyl (C=O) groups excluding carboxylic acids is 2. The summed E-state index contributed by atoms with van der Waals surface area (Å²) in [6.45, 7) is 3.79. The van der Waals surface area contributed by atoms with Gasteiger partial charge in [0.15, 0.2) is 11.5 Å². The van der Waals surface area contributed by atoms with Gasteiger partial charge in [0, 0.05) is 15.6 Å². The lowest BCUT2D eigenvalue weighted by Crippen LogP contribution is -2.27. The quantitative estimate of drug-likeness (QED) is 0.138. The minimum Gasteiger partial charge on any atom is -0.490 e. The van der Waals surface area contributed by atoms with Gasteiger partial charge in [-0.15, -0.1) is 0 Å². The van der Waals surface area contributed by atoms with Crippen LogP contribution in [0.5, 0.6) is 11.5 Å². The van der Waals surface area contributed by atoms with Gasteiger partial charge in [0.2, 0.25) is 0 Å². The summed E-state index contributed by atoms with van der Waals surface area (Å²) in [5, 5.41) is 0.251. The normalized spacial score (nSPS) is 14.9. The standard InChI is InChI=1S/C26H20Cl2INO6S2/c1-3-35-22-12-16(11-21(29)24(22)36-38(33,34)17-9-7-15(2)8-10-17)13-23-25(31)30(26(32)37-23)14-18-19(27)5-4-6-20(18)28/h4-13H,3,14H2,1-2H3/b23-13-. The minimum absolute atomic E-state index is 0.0118. The molecule has 0 N–H and O–H groups in total. The Morgan fingerprint density at radius 3 is 2.34 bits per heavy atom. The van der Waals surface area contributed by atoms with Gasteiger partial charge < -0.3 is 8.92 Å². The number of nitrogens with zero attached hydrogens (tertiary/aromatic N) is 1. The zero-order chi connectivity index (χ0) is 27.6. The molecule has 198 valence electrons. The zero-order valence-electron chi connectivity index (χ0n) is 20.0. The van der Waals surface area contributed by atoms with Crippen LogP contribution in [0.4, 0.5) is 4.79 Å². The van der Waals surface area contributed by atoms with Gasteiger partial charge in [-0.05, 0) is 96.2 Å². The van der Waals surface area contributed by atoms with E-state index in [1.165, 1.54) is 12.1 Å². The average molecular weight is 704 g/mol. The van der Waals surface area contributed by atoms with Gasteiger partial charge in [0.05, 0.1) is 21.6 Å². The Balaban J connectivity index is 1.63. The topological polar surface area (TPSA) is 90.0 Å². The first kappa shape index (κ1) is 28.8. The average Bonchev–Trinajstić information content (AvgIpc) is 3.11. The largest absolute Gasteiger partial charge is 0.490 e. The van der Waals surface area contributed by atoms with Crippen molar-refractivity contribution in [3.63, 3.8) is 0 Å². The molecule has 0 aliphatic carbocycles. The predicted octanol–water partition coefficient (Wildman–Crippen LogP) is 7.31. The molecule has 1 aliphatic heterocycles. The first-order valence-corrected chi connectivity index (χ1v) is 15.2. The maximum atomic E-state index is 13.1. The van der Waals surface area contributed by atoms with Crippen LogP contribution in [0.25, 0.3) is 6.08 Å². The first-order chi connectivity index (χ1) is 18.0. The second kappa shape index (κ2) is 11.9. The molecule has 3 aromatic rings. The number of hydrogen-bond donors (Lipinski definition) is 0. The second-order valence-corrected chi connectivity index (χ2v) is 12.6. The number of amides is 2. The van der Waals surface area contributed by atoms with Crippen LogP contribution < -0.4 is 8.92 Å². The molecule has 1 aliphatic rings. The summed E-state index contributed by atoms with van der Waals surface area (Å²) in [6, 6.07) is 14.5. The Bertz CT molecular complexity index is 1540. The molecule has 1 heterocycles. The summed E-state index contributed by atoms with van der Waals surface area (Å²) in [7, 11) is -4.12. The molecule has 2 amide bonds. The van der Waals surface area contributed by atoms with E-state index in [0.717, 1.165) is 22.2 Å². The maximum absolute atomic E-state index is 13.1. The van der Waals surface area contributed by atoms with Crippen molar-refractivity contribution >= 4 is 84.9 Å². The molecule has 12 heteroatoms. The molecule has 0 saturated carbocycles. The fourth-order valence-corrected chi connectivity index (χ4v) is 6.70. The van der Waals surface area contributed by atoms with E-state index in [0.29, 0.717) is 24.7 Å². The Morgan fingerprint density at radius 1 is 1.05 bits per heavy atom. The van der Waals surface area contributed by atoms with Gasteiger partial charge in [-0.1, -0.05) is 47.0 Å². The van der Waals surface area contributed by atoms with Crippen molar-refractivity contribution in [2.24, 2.45) is 0 Å². The summed E-state index contributed by atoms with van der Waals surface area (Å²) in [5.74, 6) is -0.277. The highest BCUT2D eigenvalue weighted by Gasteiger charge is 2.36. The SMILES string of the molecule is CCOc1cc(/C=C2\SC(=O)N(Cc3c(Cl)cccc3Cl)C2=O)cc(I)c1OS(=O)(=O)c1ccc(C)cc1. The van der Waals surface area contributed by atoms with E-state index < -0.39 is 21.3 Å². The van der Waals surface area contributed by atoms with E-state index in [1.807, 2.05) is 29.5 Å². The van der Waals surface area contributed by atoms with Crippen LogP contribution in [0, 0.1) is 10.5 Å². The third-order valence-electron chi connectivity index (χ3n) is 5.38. The lowest BCUT2D eigenvalue weighted by Gasteiger charge is -2.15. The molecule has 4 rings (SSSR count). The van der Waals surface area contributed by atoms with Crippen molar-refractivity contribution in [1.29, 1.82) is 0 Å². The highest BCUT2D eigenvalue weighted by atomic mass is 127. The maximum Gasteiger partial charge on any atom is 0.339 e. The van der Waals surface area contributed by atoms with Crippen LogP contribution in [0.2, 0.25) is 10.0 Å². The Hall–Kier alpha value is -2.25. The van der Waals surface area contributed by atoms with Crippen LogP contribution in [-0.4, -0.2) is 31.1 Å². The fraction of sp³-hybridized carbons (Fsp3) is 0.154. The third kappa shape index (κ3) is 6.31. The lowest BCUT2D eigenvalue weighted by atomic mass is 10.1. The molecule has 0 atom stereocenters.